The second-order valence-corrected chi connectivity index (χ2v) is 11.0. The fourth-order valence-electron chi connectivity index (χ4n) is 4.62. The predicted molar refractivity (Wildman–Crippen MR) is 149 cm³/mol. The Hall–Kier alpha value is -4.09. The monoisotopic (exact) mass is 554 g/mol. The average Bonchev–Trinajstić information content (AvgIpc) is 3.57. The Morgan fingerprint density at radius 1 is 1.07 bits per heavy atom. The Labute approximate surface area is 232 Å². The second kappa shape index (κ2) is 11.2. The Balaban J connectivity index is 1.46. The van der Waals surface area contributed by atoms with Crippen LogP contribution in [0.2, 0.25) is 0 Å². The smallest absolute Gasteiger partial charge is 0.410 e. The first-order chi connectivity index (χ1) is 18.7. The number of likely N-dealkylation sites (N-methyl/N-ethyl adjacent to an activating group) is 1. The van der Waals surface area contributed by atoms with Gasteiger partial charge in [-0.3, -0.25) is 15.2 Å². The molecule has 3 aromatic rings. The molecule has 1 saturated heterocycles. The average molecular weight is 555 g/mol. The Bertz CT molecular complexity index is 1400. The first-order valence-electron chi connectivity index (χ1n) is 12.9. The third-order valence-corrected chi connectivity index (χ3v) is 6.81. The SMILES string of the molecule is Cc1ccc(-c2ccc(C(=O)N(C)c3ccc(N4CCC(N(C)C(=O)OC(C)(C)C)C4)c(F)c3)o2)c(N(O)O)c1. The largest absolute Gasteiger partial charge is 0.451 e. The van der Waals surface area contributed by atoms with Crippen LogP contribution in [-0.4, -0.2) is 66.1 Å². The number of rotatable bonds is 6. The van der Waals surface area contributed by atoms with Gasteiger partial charge in [-0.15, -0.1) is 5.23 Å². The van der Waals surface area contributed by atoms with E-state index in [2.05, 4.69) is 0 Å². The van der Waals surface area contributed by atoms with E-state index in [4.69, 9.17) is 9.15 Å². The van der Waals surface area contributed by atoms with Crippen molar-refractivity contribution in [2.24, 2.45) is 0 Å². The van der Waals surface area contributed by atoms with Crippen molar-refractivity contribution in [3.63, 3.8) is 0 Å². The van der Waals surface area contributed by atoms with Crippen LogP contribution in [0.4, 0.5) is 26.2 Å². The molecule has 1 atom stereocenters. The number of ether oxygens (including phenoxy) is 1. The van der Waals surface area contributed by atoms with Crippen molar-refractivity contribution in [1.82, 2.24) is 4.90 Å². The van der Waals surface area contributed by atoms with Gasteiger partial charge in [-0.1, -0.05) is 6.07 Å². The van der Waals surface area contributed by atoms with Crippen LogP contribution in [0.1, 0.15) is 43.3 Å². The van der Waals surface area contributed by atoms with E-state index in [9.17, 15) is 20.0 Å². The molecular weight excluding hydrogens is 519 g/mol. The maximum absolute atomic E-state index is 15.3. The summed E-state index contributed by atoms with van der Waals surface area (Å²) in [5.74, 6) is -0.727. The van der Waals surface area contributed by atoms with E-state index < -0.39 is 23.4 Å². The van der Waals surface area contributed by atoms with E-state index in [-0.39, 0.29) is 28.5 Å². The molecule has 214 valence electrons. The van der Waals surface area contributed by atoms with E-state index >= 15 is 4.39 Å². The standard InChI is InChI=1S/C29H35FN4O6/c1-18-7-9-21(24(15-18)34(37)38)25-11-12-26(39-25)27(35)31(5)19-8-10-23(22(30)16-19)33-14-13-20(17-33)32(6)28(36)40-29(2,3)4/h7-12,15-16,20,37-38H,13-14,17H2,1-6H3. The fraction of sp³-hybridized carbons (Fsp3) is 0.379. The van der Waals surface area contributed by atoms with Crippen LogP contribution in [0.15, 0.2) is 52.9 Å². The van der Waals surface area contributed by atoms with Gasteiger partial charge in [0.15, 0.2) is 5.76 Å². The van der Waals surface area contributed by atoms with Crippen LogP contribution in [0.5, 0.6) is 0 Å². The number of hydrogen-bond acceptors (Lipinski definition) is 8. The molecule has 11 heteroatoms. The van der Waals surface area contributed by atoms with E-state index in [1.807, 2.05) is 25.7 Å². The summed E-state index contributed by atoms with van der Waals surface area (Å²) in [6.07, 6.45) is 0.253. The summed E-state index contributed by atoms with van der Waals surface area (Å²) >= 11 is 0. The molecule has 2 aromatic carbocycles. The van der Waals surface area contributed by atoms with E-state index in [1.165, 1.54) is 24.1 Å². The van der Waals surface area contributed by atoms with Gasteiger partial charge in [0.25, 0.3) is 5.91 Å². The Kier molecular flexibility index (Phi) is 8.08. The molecule has 1 aliphatic rings. The van der Waals surface area contributed by atoms with E-state index in [1.54, 1.807) is 55.3 Å². The molecule has 0 radical (unpaired) electrons. The summed E-state index contributed by atoms with van der Waals surface area (Å²) in [7, 11) is 3.20. The molecule has 40 heavy (non-hydrogen) atoms. The third kappa shape index (κ3) is 6.21. The first-order valence-corrected chi connectivity index (χ1v) is 12.9. The number of carbonyl (C=O) groups is 2. The number of furan rings is 1. The molecule has 1 aromatic heterocycles. The molecule has 4 rings (SSSR count). The molecule has 2 heterocycles. The van der Waals surface area contributed by atoms with Gasteiger partial charge in [0.1, 0.15) is 22.9 Å². The summed E-state index contributed by atoms with van der Waals surface area (Å²) in [5.41, 5.74) is 1.40. The van der Waals surface area contributed by atoms with E-state index in [0.717, 1.165) is 5.56 Å². The molecule has 2 amide bonds. The van der Waals surface area contributed by atoms with Crippen molar-refractivity contribution in [2.45, 2.75) is 45.8 Å². The zero-order chi connectivity index (χ0) is 29.4. The predicted octanol–water partition coefficient (Wildman–Crippen LogP) is 5.70. The summed E-state index contributed by atoms with van der Waals surface area (Å²) in [5, 5.41) is 19.2. The van der Waals surface area contributed by atoms with Crippen LogP contribution in [0.25, 0.3) is 11.3 Å². The normalized spacial score (nSPS) is 15.2. The van der Waals surface area contributed by atoms with Crippen LogP contribution >= 0.6 is 0 Å². The third-order valence-electron chi connectivity index (χ3n) is 6.81. The molecular formula is C29H35FN4O6. The highest BCUT2D eigenvalue weighted by Gasteiger charge is 2.32. The molecule has 1 aliphatic heterocycles. The van der Waals surface area contributed by atoms with Crippen LogP contribution in [0.3, 0.4) is 0 Å². The van der Waals surface area contributed by atoms with Gasteiger partial charge >= 0.3 is 6.09 Å². The molecule has 2 N–H and O–H groups in total. The van der Waals surface area contributed by atoms with Gasteiger partial charge in [0.2, 0.25) is 0 Å². The molecule has 0 saturated carbocycles. The van der Waals surface area contributed by atoms with Crippen LogP contribution in [-0.2, 0) is 4.74 Å². The molecule has 0 bridgehead atoms. The lowest BCUT2D eigenvalue weighted by Gasteiger charge is -2.29. The maximum Gasteiger partial charge on any atom is 0.410 e. The second-order valence-electron chi connectivity index (χ2n) is 11.0. The highest BCUT2D eigenvalue weighted by Crippen LogP contribution is 2.33. The van der Waals surface area contributed by atoms with Gasteiger partial charge < -0.3 is 23.9 Å². The summed E-state index contributed by atoms with van der Waals surface area (Å²) in [4.78, 5) is 30.3. The highest BCUT2D eigenvalue weighted by molar-refractivity contribution is 6.04. The number of halogens is 1. The first kappa shape index (κ1) is 28.9. The minimum absolute atomic E-state index is 0.000949. The number of amides is 2. The Morgan fingerprint density at radius 2 is 1.80 bits per heavy atom. The molecule has 0 spiro atoms. The lowest BCUT2D eigenvalue weighted by atomic mass is 10.1. The van der Waals surface area contributed by atoms with Crippen molar-refractivity contribution in [3.8, 4) is 11.3 Å². The van der Waals surface area contributed by atoms with E-state index in [0.29, 0.717) is 36.4 Å². The zero-order valence-electron chi connectivity index (χ0n) is 23.5. The number of anilines is 3. The maximum atomic E-state index is 15.3. The van der Waals surface area contributed by atoms with Gasteiger partial charge in [-0.2, -0.15) is 0 Å². The number of nitrogens with zero attached hydrogens (tertiary/aromatic N) is 4. The van der Waals surface area contributed by atoms with Crippen molar-refractivity contribution in [2.75, 3.05) is 42.2 Å². The summed E-state index contributed by atoms with van der Waals surface area (Å²) < 4.78 is 26.4. The minimum atomic E-state index is -0.601. The molecule has 0 aliphatic carbocycles. The number of carbonyl (C=O) groups excluding carboxylic acids is 2. The van der Waals surface area contributed by atoms with Gasteiger partial charge in [0.05, 0.1) is 11.7 Å². The quantitative estimate of drug-likeness (QED) is 0.374. The number of benzene rings is 2. The molecule has 1 fully saturated rings. The Morgan fingerprint density at radius 3 is 2.45 bits per heavy atom. The fourth-order valence-corrected chi connectivity index (χ4v) is 4.62. The van der Waals surface area contributed by atoms with Crippen molar-refractivity contribution in [3.05, 3.63) is 65.7 Å². The molecule has 1 unspecified atom stereocenters. The van der Waals surface area contributed by atoms with Gasteiger partial charge in [-0.25, -0.2) is 9.18 Å². The number of aryl methyl sites for hydroxylation is 1. The van der Waals surface area contributed by atoms with Crippen LogP contribution < -0.4 is 15.0 Å². The van der Waals surface area contributed by atoms with Gasteiger partial charge in [0, 0.05) is 38.4 Å². The number of hydrogen-bond donors (Lipinski definition) is 2. The minimum Gasteiger partial charge on any atom is -0.451 e. The highest BCUT2D eigenvalue weighted by atomic mass is 19.1. The summed E-state index contributed by atoms with van der Waals surface area (Å²) in [6.45, 7) is 8.25. The lowest BCUT2D eigenvalue weighted by molar-refractivity contribution is 0.0236. The van der Waals surface area contributed by atoms with Crippen molar-refractivity contribution >= 4 is 29.1 Å². The van der Waals surface area contributed by atoms with Crippen molar-refractivity contribution in [1.29, 1.82) is 0 Å². The summed E-state index contributed by atoms with van der Waals surface area (Å²) in [6, 6.07) is 12.5. The molecule has 10 nitrogen and oxygen atoms in total. The van der Waals surface area contributed by atoms with Gasteiger partial charge in [-0.05, 0) is 82.1 Å². The van der Waals surface area contributed by atoms with Crippen molar-refractivity contribution < 1.29 is 33.5 Å². The zero-order valence-corrected chi connectivity index (χ0v) is 23.5. The lowest BCUT2D eigenvalue weighted by Crippen LogP contribution is -2.42. The topological polar surface area (TPSA) is 110 Å². The van der Waals surface area contributed by atoms with Crippen LogP contribution in [0, 0.1) is 12.7 Å².